The molecule has 13 heavy (non-hydrogen) atoms. The lowest BCUT2D eigenvalue weighted by molar-refractivity contribution is 0.177. The summed E-state index contributed by atoms with van der Waals surface area (Å²) in [6.07, 6.45) is 8.90. The zero-order valence-corrected chi connectivity index (χ0v) is 9.18. The molecule has 2 fully saturated rings. The van der Waals surface area contributed by atoms with E-state index in [0.717, 1.165) is 11.3 Å². The van der Waals surface area contributed by atoms with E-state index < -0.39 is 0 Å². The molecular weight excluding hydrogens is 158 g/mol. The van der Waals surface area contributed by atoms with E-state index in [4.69, 9.17) is 0 Å². The summed E-state index contributed by atoms with van der Waals surface area (Å²) in [6.45, 7) is 5.07. The van der Waals surface area contributed by atoms with Crippen LogP contribution in [-0.2, 0) is 0 Å². The summed E-state index contributed by atoms with van der Waals surface area (Å²) in [5.74, 6) is 1.01. The summed E-state index contributed by atoms with van der Waals surface area (Å²) < 4.78 is 0. The summed E-state index contributed by atoms with van der Waals surface area (Å²) in [4.78, 5) is 2.51. The van der Waals surface area contributed by atoms with Gasteiger partial charge in [-0.25, -0.2) is 0 Å². The smallest absolute Gasteiger partial charge is 0.000682 e. The van der Waals surface area contributed by atoms with Crippen LogP contribution in [-0.4, -0.2) is 25.0 Å². The Balaban J connectivity index is 1.80. The van der Waals surface area contributed by atoms with E-state index in [-0.39, 0.29) is 0 Å². The fraction of sp³-hybridized carbons (Fsp3) is 1.00. The van der Waals surface area contributed by atoms with E-state index >= 15 is 0 Å². The topological polar surface area (TPSA) is 3.24 Å². The number of hydrogen-bond acceptors (Lipinski definition) is 1. The molecule has 1 heterocycles. The molecule has 0 amide bonds. The van der Waals surface area contributed by atoms with E-state index in [1.165, 1.54) is 51.6 Å². The average Bonchev–Trinajstić information content (AvgIpc) is 2.86. The van der Waals surface area contributed by atoms with Crippen LogP contribution in [0.1, 0.15) is 45.4 Å². The minimum Gasteiger partial charge on any atom is -0.306 e. The van der Waals surface area contributed by atoms with Crippen molar-refractivity contribution in [3.8, 4) is 0 Å². The quantitative estimate of drug-likeness (QED) is 0.647. The van der Waals surface area contributed by atoms with Crippen molar-refractivity contribution in [1.29, 1.82) is 0 Å². The van der Waals surface area contributed by atoms with Gasteiger partial charge in [0.05, 0.1) is 0 Å². The van der Waals surface area contributed by atoms with E-state index in [1.54, 1.807) is 0 Å². The molecule has 0 bridgehead atoms. The maximum absolute atomic E-state index is 2.51. The van der Waals surface area contributed by atoms with E-state index in [2.05, 4.69) is 18.9 Å². The Morgan fingerprint density at radius 3 is 2.69 bits per heavy atom. The summed E-state index contributed by atoms with van der Waals surface area (Å²) in [5.41, 5.74) is 0.808. The number of hydrogen-bond donors (Lipinski definition) is 0. The molecule has 1 aliphatic heterocycles. The molecule has 76 valence electrons. The number of piperidine rings is 1. The average molecular weight is 181 g/mol. The molecular formula is C12H23N. The highest BCUT2D eigenvalue weighted by Gasteiger charge is 2.42. The lowest BCUT2D eigenvalue weighted by atomic mass is 9.85. The Labute approximate surface area is 82.5 Å². The molecule has 2 rings (SSSR count). The summed E-state index contributed by atoms with van der Waals surface area (Å²) in [7, 11) is 2.28. The minimum atomic E-state index is 0.808. The molecule has 0 aromatic rings. The zero-order valence-electron chi connectivity index (χ0n) is 9.18. The molecule has 0 aromatic heterocycles. The molecule has 1 aliphatic carbocycles. The van der Waals surface area contributed by atoms with Crippen molar-refractivity contribution in [3.63, 3.8) is 0 Å². The summed E-state index contributed by atoms with van der Waals surface area (Å²) in [5, 5.41) is 0. The van der Waals surface area contributed by atoms with Crippen molar-refractivity contribution in [2.24, 2.45) is 11.3 Å². The van der Waals surface area contributed by atoms with Crippen molar-refractivity contribution in [2.45, 2.75) is 45.4 Å². The molecule has 2 aliphatic rings. The number of likely N-dealkylation sites (tertiary alicyclic amines) is 1. The van der Waals surface area contributed by atoms with Gasteiger partial charge in [0.1, 0.15) is 0 Å². The second-order valence-electron chi connectivity index (χ2n) is 5.33. The predicted octanol–water partition coefficient (Wildman–Crippen LogP) is 2.91. The van der Waals surface area contributed by atoms with Gasteiger partial charge in [0, 0.05) is 6.54 Å². The van der Waals surface area contributed by atoms with Crippen LogP contribution >= 0.6 is 0 Å². The Morgan fingerprint density at radius 2 is 2.15 bits per heavy atom. The largest absolute Gasteiger partial charge is 0.306 e. The van der Waals surface area contributed by atoms with Gasteiger partial charge in [-0.1, -0.05) is 13.3 Å². The number of rotatable bonds is 3. The second-order valence-corrected chi connectivity index (χ2v) is 5.33. The Morgan fingerprint density at radius 1 is 1.38 bits per heavy atom. The molecule has 1 heteroatoms. The van der Waals surface area contributed by atoms with Crippen molar-refractivity contribution in [3.05, 3.63) is 0 Å². The predicted molar refractivity (Wildman–Crippen MR) is 56.8 cm³/mol. The lowest BCUT2D eigenvalue weighted by Gasteiger charge is -2.32. The first-order chi connectivity index (χ1) is 6.24. The van der Waals surface area contributed by atoms with Crippen molar-refractivity contribution >= 4 is 0 Å². The molecule has 0 aromatic carbocycles. The van der Waals surface area contributed by atoms with Crippen LogP contribution in [0, 0.1) is 11.3 Å². The lowest BCUT2D eigenvalue weighted by Crippen LogP contribution is -2.33. The van der Waals surface area contributed by atoms with Gasteiger partial charge in [-0.2, -0.15) is 0 Å². The normalized spacial score (nSPS) is 33.2. The van der Waals surface area contributed by atoms with Gasteiger partial charge in [-0.15, -0.1) is 0 Å². The highest BCUT2D eigenvalue weighted by Crippen LogP contribution is 2.54. The SMILES string of the molecule is CCC1(CC2CCCN(C)C2)CC1. The molecule has 1 nitrogen and oxygen atoms in total. The van der Waals surface area contributed by atoms with Gasteiger partial charge in [-0.05, 0) is 57.0 Å². The maximum atomic E-state index is 2.51. The highest BCUT2D eigenvalue weighted by molar-refractivity contribution is 4.94. The van der Waals surface area contributed by atoms with Gasteiger partial charge in [-0.3, -0.25) is 0 Å². The zero-order chi connectivity index (χ0) is 9.31. The summed E-state index contributed by atoms with van der Waals surface area (Å²) >= 11 is 0. The third-order valence-corrected chi connectivity index (χ3v) is 4.15. The first-order valence-electron chi connectivity index (χ1n) is 5.93. The monoisotopic (exact) mass is 181 g/mol. The fourth-order valence-electron chi connectivity index (χ4n) is 2.93. The Kier molecular flexibility index (Phi) is 2.64. The second kappa shape index (κ2) is 3.61. The third-order valence-electron chi connectivity index (χ3n) is 4.15. The van der Waals surface area contributed by atoms with Crippen LogP contribution < -0.4 is 0 Å². The summed E-state index contributed by atoms with van der Waals surface area (Å²) in [6, 6.07) is 0. The van der Waals surface area contributed by atoms with Crippen LogP contribution in [0.15, 0.2) is 0 Å². The first kappa shape index (κ1) is 9.51. The van der Waals surface area contributed by atoms with Crippen molar-refractivity contribution in [2.75, 3.05) is 20.1 Å². The minimum absolute atomic E-state index is 0.808. The Bertz CT molecular complexity index is 172. The molecule has 0 radical (unpaired) electrons. The van der Waals surface area contributed by atoms with Crippen LogP contribution in [0.2, 0.25) is 0 Å². The van der Waals surface area contributed by atoms with Crippen LogP contribution in [0.3, 0.4) is 0 Å². The van der Waals surface area contributed by atoms with E-state index in [1.807, 2.05) is 0 Å². The third kappa shape index (κ3) is 2.25. The van der Waals surface area contributed by atoms with Crippen LogP contribution in [0.5, 0.6) is 0 Å². The number of nitrogens with zero attached hydrogens (tertiary/aromatic N) is 1. The van der Waals surface area contributed by atoms with Crippen molar-refractivity contribution < 1.29 is 0 Å². The van der Waals surface area contributed by atoms with Crippen LogP contribution in [0.4, 0.5) is 0 Å². The maximum Gasteiger partial charge on any atom is 0.000682 e. The standard InChI is InChI=1S/C12H23N/c1-3-12(6-7-12)9-11-5-4-8-13(2)10-11/h11H,3-10H2,1-2H3. The molecule has 0 spiro atoms. The van der Waals surface area contributed by atoms with E-state index in [9.17, 15) is 0 Å². The van der Waals surface area contributed by atoms with E-state index in [0.29, 0.717) is 0 Å². The molecule has 1 unspecified atom stereocenters. The van der Waals surface area contributed by atoms with Gasteiger partial charge >= 0.3 is 0 Å². The molecule has 1 saturated heterocycles. The molecule has 1 saturated carbocycles. The van der Waals surface area contributed by atoms with Gasteiger partial charge in [0.15, 0.2) is 0 Å². The van der Waals surface area contributed by atoms with Gasteiger partial charge in [0.2, 0.25) is 0 Å². The Hall–Kier alpha value is -0.0400. The fourth-order valence-corrected chi connectivity index (χ4v) is 2.93. The molecule has 1 atom stereocenters. The highest BCUT2D eigenvalue weighted by atomic mass is 15.1. The first-order valence-corrected chi connectivity index (χ1v) is 5.93. The van der Waals surface area contributed by atoms with Gasteiger partial charge < -0.3 is 4.90 Å². The van der Waals surface area contributed by atoms with Gasteiger partial charge in [0.25, 0.3) is 0 Å². The van der Waals surface area contributed by atoms with Crippen LogP contribution in [0.25, 0.3) is 0 Å². The molecule has 0 N–H and O–H groups in total. The van der Waals surface area contributed by atoms with Crippen molar-refractivity contribution in [1.82, 2.24) is 4.90 Å².